The number of allylic oxidation sites excluding steroid dienone is 1. The standard InChI is InChI=1S/C16H21N3O/c1-5-14-13-8-7-12(16(20)9-10-18(3)4)11-15(13)19(6-2)17-14/h7-11H,5-6H2,1-4H3/b10-9+. The third kappa shape index (κ3) is 2.74. The van der Waals surface area contributed by atoms with Crippen molar-refractivity contribution in [1.29, 1.82) is 0 Å². The second-order valence-corrected chi connectivity index (χ2v) is 4.99. The van der Waals surface area contributed by atoms with E-state index in [4.69, 9.17) is 0 Å². The Kier molecular flexibility index (Phi) is 4.23. The van der Waals surface area contributed by atoms with Gasteiger partial charge in [0.15, 0.2) is 5.78 Å². The minimum atomic E-state index is 0.0162. The number of carbonyl (C=O) groups excluding carboxylic acids is 1. The summed E-state index contributed by atoms with van der Waals surface area (Å²) in [6.45, 7) is 4.97. The molecule has 0 amide bonds. The van der Waals surface area contributed by atoms with E-state index in [1.165, 1.54) is 0 Å². The van der Waals surface area contributed by atoms with E-state index in [9.17, 15) is 4.79 Å². The summed E-state index contributed by atoms with van der Waals surface area (Å²) in [7, 11) is 3.79. The molecule has 0 aliphatic rings. The van der Waals surface area contributed by atoms with E-state index < -0.39 is 0 Å². The number of benzene rings is 1. The highest BCUT2D eigenvalue weighted by molar-refractivity contribution is 6.06. The molecule has 4 heteroatoms. The molecule has 0 bridgehead atoms. The average molecular weight is 271 g/mol. The van der Waals surface area contributed by atoms with Gasteiger partial charge in [-0.3, -0.25) is 9.48 Å². The van der Waals surface area contributed by atoms with Crippen LogP contribution in [-0.4, -0.2) is 34.6 Å². The Morgan fingerprint density at radius 2 is 2.10 bits per heavy atom. The van der Waals surface area contributed by atoms with Crippen LogP contribution in [0.5, 0.6) is 0 Å². The van der Waals surface area contributed by atoms with Gasteiger partial charge in [0.1, 0.15) is 0 Å². The zero-order valence-electron chi connectivity index (χ0n) is 12.6. The molecule has 2 rings (SSSR count). The van der Waals surface area contributed by atoms with Crippen LogP contribution in [0, 0.1) is 0 Å². The first-order chi connectivity index (χ1) is 9.56. The van der Waals surface area contributed by atoms with E-state index in [0.717, 1.165) is 29.6 Å². The predicted molar refractivity (Wildman–Crippen MR) is 81.9 cm³/mol. The van der Waals surface area contributed by atoms with E-state index in [0.29, 0.717) is 5.56 Å². The fourth-order valence-corrected chi connectivity index (χ4v) is 2.21. The first-order valence-corrected chi connectivity index (χ1v) is 6.95. The van der Waals surface area contributed by atoms with E-state index in [1.54, 1.807) is 12.3 Å². The largest absolute Gasteiger partial charge is 0.383 e. The number of aryl methyl sites for hydroxylation is 2. The number of aromatic nitrogens is 2. The van der Waals surface area contributed by atoms with Crippen LogP contribution in [0.15, 0.2) is 30.5 Å². The Morgan fingerprint density at radius 3 is 2.70 bits per heavy atom. The van der Waals surface area contributed by atoms with Crippen molar-refractivity contribution in [3.63, 3.8) is 0 Å². The van der Waals surface area contributed by atoms with Gasteiger partial charge >= 0.3 is 0 Å². The molecule has 20 heavy (non-hydrogen) atoms. The zero-order valence-corrected chi connectivity index (χ0v) is 12.6. The highest BCUT2D eigenvalue weighted by Crippen LogP contribution is 2.21. The van der Waals surface area contributed by atoms with Gasteiger partial charge in [-0.1, -0.05) is 19.1 Å². The molecule has 1 heterocycles. The molecule has 0 N–H and O–H groups in total. The van der Waals surface area contributed by atoms with Gasteiger partial charge in [0, 0.05) is 43.9 Å². The van der Waals surface area contributed by atoms with E-state index in [-0.39, 0.29) is 5.78 Å². The molecule has 1 aromatic heterocycles. The van der Waals surface area contributed by atoms with Gasteiger partial charge in [-0.2, -0.15) is 5.10 Å². The number of fused-ring (bicyclic) bond motifs is 1. The molecule has 4 nitrogen and oxygen atoms in total. The Hall–Kier alpha value is -2.10. The maximum atomic E-state index is 12.1. The fourth-order valence-electron chi connectivity index (χ4n) is 2.21. The second-order valence-electron chi connectivity index (χ2n) is 4.99. The highest BCUT2D eigenvalue weighted by atomic mass is 16.1. The maximum Gasteiger partial charge on any atom is 0.187 e. The van der Waals surface area contributed by atoms with Gasteiger partial charge in [-0.05, 0) is 19.4 Å². The van der Waals surface area contributed by atoms with Gasteiger partial charge in [-0.25, -0.2) is 0 Å². The third-order valence-electron chi connectivity index (χ3n) is 3.27. The van der Waals surface area contributed by atoms with E-state index in [2.05, 4.69) is 18.9 Å². The number of nitrogens with zero attached hydrogens (tertiary/aromatic N) is 3. The molecule has 0 saturated carbocycles. The Balaban J connectivity index is 2.45. The summed E-state index contributed by atoms with van der Waals surface area (Å²) in [6, 6.07) is 5.82. The van der Waals surface area contributed by atoms with Gasteiger partial charge in [0.05, 0.1) is 11.2 Å². The van der Waals surface area contributed by atoms with Crippen molar-refractivity contribution >= 4 is 16.7 Å². The molecule has 0 atom stereocenters. The molecule has 106 valence electrons. The molecule has 1 aromatic carbocycles. The lowest BCUT2D eigenvalue weighted by Gasteiger charge is -2.03. The summed E-state index contributed by atoms with van der Waals surface area (Å²) in [5, 5.41) is 5.72. The van der Waals surface area contributed by atoms with Crippen LogP contribution in [0.1, 0.15) is 29.9 Å². The number of rotatable bonds is 5. The Bertz CT molecular complexity index is 653. The van der Waals surface area contributed by atoms with E-state index in [1.807, 2.05) is 41.9 Å². The van der Waals surface area contributed by atoms with Gasteiger partial charge < -0.3 is 4.90 Å². The molecule has 0 aliphatic heterocycles. The third-order valence-corrected chi connectivity index (χ3v) is 3.27. The molecule has 0 saturated heterocycles. The molecule has 0 radical (unpaired) electrons. The lowest BCUT2D eigenvalue weighted by Crippen LogP contribution is -2.03. The summed E-state index contributed by atoms with van der Waals surface area (Å²) in [5.74, 6) is 0.0162. The minimum Gasteiger partial charge on any atom is -0.383 e. The monoisotopic (exact) mass is 271 g/mol. The highest BCUT2D eigenvalue weighted by Gasteiger charge is 2.11. The van der Waals surface area contributed by atoms with Crippen LogP contribution < -0.4 is 0 Å². The molecule has 2 aromatic rings. The van der Waals surface area contributed by atoms with Crippen LogP contribution in [0.4, 0.5) is 0 Å². The minimum absolute atomic E-state index is 0.0162. The van der Waals surface area contributed by atoms with Crippen molar-refractivity contribution < 1.29 is 4.79 Å². The van der Waals surface area contributed by atoms with Crippen molar-refractivity contribution in [2.24, 2.45) is 0 Å². The predicted octanol–water partition coefficient (Wildman–Crippen LogP) is 2.88. The molecular weight excluding hydrogens is 250 g/mol. The first kappa shape index (κ1) is 14.3. The smallest absolute Gasteiger partial charge is 0.187 e. The van der Waals surface area contributed by atoms with Crippen LogP contribution in [0.3, 0.4) is 0 Å². The van der Waals surface area contributed by atoms with Gasteiger partial charge in [-0.15, -0.1) is 0 Å². The Labute approximate surface area is 119 Å². The molecule has 0 unspecified atom stereocenters. The zero-order chi connectivity index (χ0) is 14.7. The summed E-state index contributed by atoms with van der Waals surface area (Å²) in [5.41, 5.74) is 2.82. The van der Waals surface area contributed by atoms with Crippen molar-refractivity contribution in [2.75, 3.05) is 14.1 Å². The normalized spacial score (nSPS) is 11.4. The van der Waals surface area contributed by atoms with Crippen molar-refractivity contribution in [1.82, 2.24) is 14.7 Å². The fraction of sp³-hybridized carbons (Fsp3) is 0.375. The molecule has 0 aliphatic carbocycles. The molecular formula is C16H21N3O. The van der Waals surface area contributed by atoms with Crippen LogP contribution >= 0.6 is 0 Å². The van der Waals surface area contributed by atoms with Crippen molar-refractivity contribution in [3.05, 3.63) is 41.7 Å². The topological polar surface area (TPSA) is 38.1 Å². The molecule has 0 fully saturated rings. The average Bonchev–Trinajstić information content (AvgIpc) is 2.81. The summed E-state index contributed by atoms with van der Waals surface area (Å²) < 4.78 is 1.96. The number of hydrogen-bond acceptors (Lipinski definition) is 3. The van der Waals surface area contributed by atoms with E-state index >= 15 is 0 Å². The summed E-state index contributed by atoms with van der Waals surface area (Å²) in [6.07, 6.45) is 4.26. The summed E-state index contributed by atoms with van der Waals surface area (Å²) in [4.78, 5) is 14.0. The number of ketones is 1. The lowest BCUT2D eigenvalue weighted by atomic mass is 10.1. The lowest BCUT2D eigenvalue weighted by molar-refractivity contribution is 0.104. The number of hydrogen-bond donors (Lipinski definition) is 0. The van der Waals surface area contributed by atoms with Crippen molar-refractivity contribution in [2.45, 2.75) is 26.8 Å². The van der Waals surface area contributed by atoms with Gasteiger partial charge in [0.2, 0.25) is 0 Å². The SMILES string of the molecule is CCc1nn(CC)c2cc(C(=O)/C=C/N(C)C)ccc12. The quantitative estimate of drug-likeness (QED) is 0.620. The van der Waals surface area contributed by atoms with Crippen molar-refractivity contribution in [3.8, 4) is 0 Å². The first-order valence-electron chi connectivity index (χ1n) is 6.95. The molecule has 0 spiro atoms. The van der Waals surface area contributed by atoms with Gasteiger partial charge in [0.25, 0.3) is 0 Å². The number of carbonyl (C=O) groups is 1. The van der Waals surface area contributed by atoms with Crippen LogP contribution in [0.2, 0.25) is 0 Å². The second kappa shape index (κ2) is 5.90. The summed E-state index contributed by atoms with van der Waals surface area (Å²) >= 11 is 0. The van der Waals surface area contributed by atoms with Crippen LogP contribution in [-0.2, 0) is 13.0 Å². The van der Waals surface area contributed by atoms with Crippen LogP contribution in [0.25, 0.3) is 10.9 Å². The Morgan fingerprint density at radius 1 is 1.35 bits per heavy atom. The maximum absolute atomic E-state index is 12.1.